The number of aromatic hydroxyl groups is 1. The molecule has 1 aromatic carbocycles. The minimum Gasteiger partial charge on any atom is -0.508 e. The summed E-state index contributed by atoms with van der Waals surface area (Å²) in [5.74, 6) is 0.00981. The van der Waals surface area contributed by atoms with E-state index < -0.39 is 6.10 Å². The van der Waals surface area contributed by atoms with Gasteiger partial charge in [0.1, 0.15) is 12.0 Å². The van der Waals surface area contributed by atoms with Crippen LogP contribution in [0.2, 0.25) is 0 Å². The van der Waals surface area contributed by atoms with E-state index in [1.165, 1.54) is 25.1 Å². The molecule has 0 bridgehead atoms. The topological polar surface area (TPSA) is 57.5 Å². The summed E-state index contributed by atoms with van der Waals surface area (Å²) in [5, 5.41) is 18.4. The maximum Gasteiger partial charge on any atom is 0.150 e. The molecule has 1 atom stereocenters. The summed E-state index contributed by atoms with van der Waals surface area (Å²) in [6, 6.07) is 4.35. The van der Waals surface area contributed by atoms with Gasteiger partial charge in [-0.1, -0.05) is 0 Å². The van der Waals surface area contributed by atoms with Crippen molar-refractivity contribution in [2.24, 2.45) is 0 Å². The predicted molar refractivity (Wildman–Crippen MR) is 44.1 cm³/mol. The number of hydrogen-bond acceptors (Lipinski definition) is 3. The fourth-order valence-corrected chi connectivity index (χ4v) is 0.981. The van der Waals surface area contributed by atoms with Crippen LogP contribution in [0.4, 0.5) is 0 Å². The first-order valence-electron chi connectivity index (χ1n) is 3.61. The second-order valence-electron chi connectivity index (χ2n) is 2.61. The molecule has 1 unspecified atom stereocenters. The minimum absolute atomic E-state index is 0.00981. The van der Waals surface area contributed by atoms with E-state index in [1.807, 2.05) is 0 Å². The van der Waals surface area contributed by atoms with Gasteiger partial charge in [0.15, 0.2) is 0 Å². The highest BCUT2D eigenvalue weighted by Crippen LogP contribution is 2.24. The molecule has 0 aliphatic heterocycles. The number of phenols is 1. The zero-order valence-electron chi connectivity index (χ0n) is 6.69. The smallest absolute Gasteiger partial charge is 0.150 e. The second-order valence-corrected chi connectivity index (χ2v) is 2.61. The van der Waals surface area contributed by atoms with Crippen molar-refractivity contribution in [1.82, 2.24) is 0 Å². The Morgan fingerprint density at radius 3 is 2.67 bits per heavy atom. The molecule has 0 heterocycles. The molecule has 0 aromatic heterocycles. The van der Waals surface area contributed by atoms with Crippen LogP contribution in [0.15, 0.2) is 18.2 Å². The number of aliphatic hydroxyl groups is 1. The van der Waals surface area contributed by atoms with Gasteiger partial charge in [0.2, 0.25) is 0 Å². The summed E-state index contributed by atoms with van der Waals surface area (Å²) in [6.45, 7) is 1.53. The number of rotatable bonds is 2. The molecular formula is C9H10O3. The van der Waals surface area contributed by atoms with Crippen molar-refractivity contribution in [3.8, 4) is 5.75 Å². The van der Waals surface area contributed by atoms with Crippen molar-refractivity contribution in [2.45, 2.75) is 13.0 Å². The summed E-state index contributed by atoms with van der Waals surface area (Å²) in [7, 11) is 0. The number of benzene rings is 1. The monoisotopic (exact) mass is 166 g/mol. The molecule has 0 fully saturated rings. The van der Waals surface area contributed by atoms with E-state index in [1.54, 1.807) is 0 Å². The predicted octanol–water partition coefficient (Wildman–Crippen LogP) is 1.26. The molecule has 2 N–H and O–H groups in total. The van der Waals surface area contributed by atoms with E-state index in [9.17, 15) is 9.90 Å². The number of aldehydes is 1. The molecule has 0 aliphatic carbocycles. The molecule has 0 aliphatic rings. The Bertz CT molecular complexity index is 292. The second kappa shape index (κ2) is 3.36. The standard InChI is InChI=1S/C9H10O3/c1-6(11)8-4-7(5-10)2-3-9(8)12/h2-6,11-12H,1H3. The lowest BCUT2D eigenvalue weighted by atomic mass is 10.1. The molecule has 3 nitrogen and oxygen atoms in total. The van der Waals surface area contributed by atoms with Crippen LogP contribution in [0.5, 0.6) is 5.75 Å². The average Bonchev–Trinajstić information content (AvgIpc) is 2.05. The summed E-state index contributed by atoms with van der Waals surface area (Å²) in [5.41, 5.74) is 0.823. The zero-order valence-corrected chi connectivity index (χ0v) is 6.69. The van der Waals surface area contributed by atoms with Gasteiger partial charge in [0, 0.05) is 11.1 Å². The van der Waals surface area contributed by atoms with Gasteiger partial charge in [-0.05, 0) is 25.1 Å². The van der Waals surface area contributed by atoms with Crippen LogP contribution >= 0.6 is 0 Å². The van der Waals surface area contributed by atoms with Gasteiger partial charge >= 0.3 is 0 Å². The van der Waals surface area contributed by atoms with Gasteiger partial charge in [-0.25, -0.2) is 0 Å². The lowest BCUT2D eigenvalue weighted by molar-refractivity contribution is 0.112. The average molecular weight is 166 g/mol. The van der Waals surface area contributed by atoms with E-state index >= 15 is 0 Å². The summed E-state index contributed by atoms with van der Waals surface area (Å²) in [6.07, 6.45) is -0.0874. The summed E-state index contributed by atoms with van der Waals surface area (Å²) in [4.78, 5) is 10.3. The number of hydrogen-bond donors (Lipinski definition) is 2. The molecule has 12 heavy (non-hydrogen) atoms. The van der Waals surface area contributed by atoms with Crippen molar-refractivity contribution < 1.29 is 15.0 Å². The first kappa shape index (κ1) is 8.74. The molecule has 1 aromatic rings. The summed E-state index contributed by atoms with van der Waals surface area (Å²) < 4.78 is 0. The van der Waals surface area contributed by atoms with Crippen LogP contribution in [0.3, 0.4) is 0 Å². The van der Waals surface area contributed by atoms with Crippen LogP contribution < -0.4 is 0 Å². The van der Waals surface area contributed by atoms with E-state index in [4.69, 9.17) is 5.11 Å². The van der Waals surface area contributed by atoms with Gasteiger partial charge in [-0.3, -0.25) is 4.79 Å². The van der Waals surface area contributed by atoms with E-state index in [0.717, 1.165) is 0 Å². The first-order valence-corrected chi connectivity index (χ1v) is 3.61. The molecule has 64 valence electrons. The Hall–Kier alpha value is -1.35. The lowest BCUT2D eigenvalue weighted by Crippen LogP contribution is -1.93. The zero-order chi connectivity index (χ0) is 9.14. The van der Waals surface area contributed by atoms with Crippen molar-refractivity contribution in [1.29, 1.82) is 0 Å². The Kier molecular flexibility index (Phi) is 2.45. The number of phenolic OH excluding ortho intramolecular Hbond substituents is 1. The molecule has 0 radical (unpaired) electrons. The fourth-order valence-electron chi connectivity index (χ4n) is 0.981. The van der Waals surface area contributed by atoms with Gasteiger partial charge < -0.3 is 10.2 Å². The van der Waals surface area contributed by atoms with Gasteiger partial charge in [0.25, 0.3) is 0 Å². The highest BCUT2D eigenvalue weighted by atomic mass is 16.3. The SMILES string of the molecule is CC(O)c1cc(C=O)ccc1O. The third-order valence-corrected chi connectivity index (χ3v) is 1.64. The van der Waals surface area contributed by atoms with Crippen molar-refractivity contribution in [3.63, 3.8) is 0 Å². The minimum atomic E-state index is -0.759. The highest BCUT2D eigenvalue weighted by molar-refractivity contribution is 5.75. The molecular weight excluding hydrogens is 156 g/mol. The lowest BCUT2D eigenvalue weighted by Gasteiger charge is -2.06. The van der Waals surface area contributed by atoms with Crippen LogP contribution in [0.1, 0.15) is 28.9 Å². The van der Waals surface area contributed by atoms with E-state index in [0.29, 0.717) is 17.4 Å². The molecule has 1 rings (SSSR count). The van der Waals surface area contributed by atoms with Crippen LogP contribution in [0, 0.1) is 0 Å². The van der Waals surface area contributed by atoms with Crippen molar-refractivity contribution >= 4 is 6.29 Å². The largest absolute Gasteiger partial charge is 0.508 e. The molecule has 0 spiro atoms. The summed E-state index contributed by atoms with van der Waals surface area (Å²) >= 11 is 0. The number of aliphatic hydroxyl groups excluding tert-OH is 1. The van der Waals surface area contributed by atoms with Crippen LogP contribution in [-0.2, 0) is 0 Å². The Morgan fingerprint density at radius 2 is 2.17 bits per heavy atom. The first-order chi connectivity index (χ1) is 5.65. The van der Waals surface area contributed by atoms with Crippen molar-refractivity contribution in [2.75, 3.05) is 0 Å². The third-order valence-electron chi connectivity index (χ3n) is 1.64. The Morgan fingerprint density at radius 1 is 1.50 bits per heavy atom. The number of carbonyl (C=O) groups is 1. The molecule has 0 amide bonds. The normalized spacial score (nSPS) is 12.5. The third kappa shape index (κ3) is 1.62. The maximum atomic E-state index is 10.3. The maximum absolute atomic E-state index is 10.3. The van der Waals surface area contributed by atoms with E-state index in [-0.39, 0.29) is 5.75 Å². The van der Waals surface area contributed by atoms with Crippen LogP contribution in [0.25, 0.3) is 0 Å². The molecule has 0 saturated carbocycles. The van der Waals surface area contributed by atoms with Crippen LogP contribution in [-0.4, -0.2) is 16.5 Å². The van der Waals surface area contributed by atoms with Gasteiger partial charge in [-0.15, -0.1) is 0 Å². The van der Waals surface area contributed by atoms with Crippen molar-refractivity contribution in [3.05, 3.63) is 29.3 Å². The van der Waals surface area contributed by atoms with Gasteiger partial charge in [0.05, 0.1) is 6.10 Å². The van der Waals surface area contributed by atoms with Gasteiger partial charge in [-0.2, -0.15) is 0 Å². The quantitative estimate of drug-likeness (QED) is 0.650. The van der Waals surface area contributed by atoms with E-state index in [2.05, 4.69) is 0 Å². The fraction of sp³-hybridized carbons (Fsp3) is 0.222. The Balaban J connectivity index is 3.16. The molecule has 3 heteroatoms. The highest BCUT2D eigenvalue weighted by Gasteiger charge is 2.07. The number of carbonyl (C=O) groups excluding carboxylic acids is 1. The molecule has 0 saturated heterocycles. The Labute approximate surface area is 70.3 Å².